The van der Waals surface area contributed by atoms with Crippen molar-refractivity contribution in [3.8, 4) is 0 Å². The summed E-state index contributed by atoms with van der Waals surface area (Å²) >= 11 is 0. The Hall–Kier alpha value is -1.35. The molecule has 0 amide bonds. The fourth-order valence-electron chi connectivity index (χ4n) is 1.91. The van der Waals surface area contributed by atoms with Crippen LogP contribution >= 0.6 is 0 Å². The fraction of sp³-hybridized carbons (Fsp3) is 0.462. The Balaban J connectivity index is 1.88. The Bertz CT molecular complexity index is 366. The zero-order valence-corrected chi connectivity index (χ0v) is 9.77. The second-order valence-electron chi connectivity index (χ2n) is 4.34. The highest BCUT2D eigenvalue weighted by atomic mass is 16.5. The van der Waals surface area contributed by atoms with Gasteiger partial charge in [-0.15, -0.1) is 0 Å². The molecule has 1 fully saturated rings. The van der Waals surface area contributed by atoms with Gasteiger partial charge in [0.1, 0.15) is 6.61 Å². The number of carbonyl (C=O) groups is 1. The van der Waals surface area contributed by atoms with Crippen molar-refractivity contribution in [2.75, 3.05) is 31.7 Å². The van der Waals surface area contributed by atoms with E-state index in [-0.39, 0.29) is 18.3 Å². The number of hydrogen-bond donors (Lipinski definition) is 0. The molecule has 0 unspecified atom stereocenters. The number of rotatable bonds is 4. The lowest BCUT2D eigenvalue weighted by molar-refractivity contribution is -0.127. The first kappa shape index (κ1) is 11.1. The minimum atomic E-state index is 0.154. The van der Waals surface area contributed by atoms with Gasteiger partial charge < -0.3 is 9.64 Å². The normalized spacial score (nSPS) is 16.0. The fourth-order valence-corrected chi connectivity index (χ4v) is 1.91. The van der Waals surface area contributed by atoms with Crippen LogP contribution in [0.1, 0.15) is 5.56 Å². The summed E-state index contributed by atoms with van der Waals surface area (Å²) in [5.74, 6) is 0.368. The van der Waals surface area contributed by atoms with Gasteiger partial charge in [0.15, 0.2) is 5.78 Å². The van der Waals surface area contributed by atoms with Crippen LogP contribution in [-0.2, 0) is 9.53 Å². The van der Waals surface area contributed by atoms with E-state index in [4.69, 9.17) is 4.74 Å². The number of ketones is 1. The number of benzene rings is 1. The Morgan fingerprint density at radius 1 is 1.38 bits per heavy atom. The standard InChI is InChI=1S/C13H17NO2/c1-10-3-5-12(6-4-10)14-7-11(8-14)13(15)9-16-2/h3-6,11H,7-9H2,1-2H3. The van der Waals surface area contributed by atoms with Crippen molar-refractivity contribution in [2.45, 2.75) is 6.92 Å². The van der Waals surface area contributed by atoms with Gasteiger partial charge in [0, 0.05) is 25.9 Å². The Morgan fingerprint density at radius 2 is 2.00 bits per heavy atom. The number of aryl methyl sites for hydroxylation is 1. The van der Waals surface area contributed by atoms with Crippen molar-refractivity contribution in [1.29, 1.82) is 0 Å². The molecule has 0 bridgehead atoms. The van der Waals surface area contributed by atoms with E-state index in [1.807, 2.05) is 0 Å². The highest BCUT2D eigenvalue weighted by Crippen LogP contribution is 2.25. The molecule has 1 aliphatic heterocycles. The molecular formula is C13H17NO2. The summed E-state index contributed by atoms with van der Waals surface area (Å²) in [6.45, 7) is 3.97. The topological polar surface area (TPSA) is 29.5 Å². The smallest absolute Gasteiger partial charge is 0.165 e. The number of ether oxygens (including phenoxy) is 1. The van der Waals surface area contributed by atoms with E-state index in [0.717, 1.165) is 13.1 Å². The minimum absolute atomic E-state index is 0.154. The van der Waals surface area contributed by atoms with Crippen molar-refractivity contribution in [2.24, 2.45) is 5.92 Å². The number of methoxy groups -OCH3 is 1. The molecule has 0 aliphatic carbocycles. The maximum atomic E-state index is 11.5. The Kier molecular flexibility index (Phi) is 3.25. The molecule has 0 radical (unpaired) electrons. The first-order valence-electron chi connectivity index (χ1n) is 5.54. The maximum absolute atomic E-state index is 11.5. The molecule has 1 aromatic rings. The van der Waals surface area contributed by atoms with Gasteiger partial charge in [0.25, 0.3) is 0 Å². The Labute approximate surface area is 96.0 Å². The summed E-state index contributed by atoms with van der Waals surface area (Å²) in [6.07, 6.45) is 0. The van der Waals surface area contributed by atoms with Gasteiger partial charge in [0.2, 0.25) is 0 Å². The molecule has 0 spiro atoms. The molecule has 2 rings (SSSR count). The minimum Gasteiger partial charge on any atom is -0.377 e. The van der Waals surface area contributed by atoms with Gasteiger partial charge >= 0.3 is 0 Å². The van der Waals surface area contributed by atoms with Crippen LogP contribution in [-0.4, -0.2) is 32.6 Å². The van der Waals surface area contributed by atoms with E-state index < -0.39 is 0 Å². The zero-order valence-electron chi connectivity index (χ0n) is 9.77. The summed E-state index contributed by atoms with van der Waals surface area (Å²) in [4.78, 5) is 13.7. The van der Waals surface area contributed by atoms with Crippen LogP contribution in [0.25, 0.3) is 0 Å². The lowest BCUT2D eigenvalue weighted by Gasteiger charge is -2.40. The molecule has 0 saturated carbocycles. The number of anilines is 1. The van der Waals surface area contributed by atoms with Crippen LogP contribution in [0, 0.1) is 12.8 Å². The van der Waals surface area contributed by atoms with Gasteiger partial charge in [-0.05, 0) is 19.1 Å². The van der Waals surface area contributed by atoms with Gasteiger partial charge in [-0.1, -0.05) is 17.7 Å². The number of nitrogens with zero attached hydrogens (tertiary/aromatic N) is 1. The number of Topliss-reactive ketones (excluding diaryl/α,β-unsaturated/α-hetero) is 1. The molecule has 0 atom stereocenters. The first-order chi connectivity index (χ1) is 7.70. The molecule has 3 nitrogen and oxygen atoms in total. The summed E-state index contributed by atoms with van der Waals surface area (Å²) in [6, 6.07) is 8.40. The quantitative estimate of drug-likeness (QED) is 0.771. The highest BCUT2D eigenvalue weighted by molar-refractivity contribution is 5.85. The van der Waals surface area contributed by atoms with Gasteiger partial charge in [-0.25, -0.2) is 0 Å². The van der Waals surface area contributed by atoms with Crippen molar-refractivity contribution in [3.05, 3.63) is 29.8 Å². The average molecular weight is 219 g/mol. The highest BCUT2D eigenvalue weighted by Gasteiger charge is 2.32. The van der Waals surface area contributed by atoms with E-state index in [1.165, 1.54) is 11.3 Å². The van der Waals surface area contributed by atoms with Gasteiger partial charge in [-0.2, -0.15) is 0 Å². The lowest BCUT2D eigenvalue weighted by atomic mass is 9.94. The van der Waals surface area contributed by atoms with Crippen LogP contribution in [0.15, 0.2) is 24.3 Å². The van der Waals surface area contributed by atoms with Crippen LogP contribution in [0.5, 0.6) is 0 Å². The molecule has 86 valence electrons. The van der Waals surface area contributed by atoms with E-state index in [2.05, 4.69) is 36.1 Å². The number of carbonyl (C=O) groups excluding carboxylic acids is 1. The SMILES string of the molecule is COCC(=O)C1CN(c2ccc(C)cc2)C1. The number of hydrogen-bond acceptors (Lipinski definition) is 3. The summed E-state index contributed by atoms with van der Waals surface area (Å²) in [5, 5.41) is 0. The largest absolute Gasteiger partial charge is 0.377 e. The average Bonchev–Trinajstić information content (AvgIpc) is 2.19. The van der Waals surface area contributed by atoms with Crippen LogP contribution in [0.3, 0.4) is 0 Å². The van der Waals surface area contributed by atoms with Gasteiger partial charge in [0.05, 0.1) is 5.92 Å². The van der Waals surface area contributed by atoms with Crippen LogP contribution in [0.4, 0.5) is 5.69 Å². The van der Waals surface area contributed by atoms with Crippen molar-refractivity contribution in [3.63, 3.8) is 0 Å². The van der Waals surface area contributed by atoms with Crippen LogP contribution < -0.4 is 4.90 Å². The summed E-state index contributed by atoms with van der Waals surface area (Å²) in [5.41, 5.74) is 2.46. The first-order valence-corrected chi connectivity index (χ1v) is 5.54. The molecule has 1 saturated heterocycles. The third-order valence-electron chi connectivity index (χ3n) is 3.02. The summed E-state index contributed by atoms with van der Waals surface area (Å²) < 4.78 is 4.85. The third-order valence-corrected chi connectivity index (χ3v) is 3.02. The van der Waals surface area contributed by atoms with Crippen molar-refractivity contribution < 1.29 is 9.53 Å². The third kappa shape index (κ3) is 2.25. The van der Waals surface area contributed by atoms with Gasteiger partial charge in [-0.3, -0.25) is 4.79 Å². The van der Waals surface area contributed by atoms with E-state index in [0.29, 0.717) is 0 Å². The van der Waals surface area contributed by atoms with Crippen LogP contribution in [0.2, 0.25) is 0 Å². The van der Waals surface area contributed by atoms with E-state index in [1.54, 1.807) is 7.11 Å². The molecule has 1 heterocycles. The second-order valence-corrected chi connectivity index (χ2v) is 4.34. The maximum Gasteiger partial charge on any atom is 0.165 e. The Morgan fingerprint density at radius 3 is 2.56 bits per heavy atom. The van der Waals surface area contributed by atoms with E-state index >= 15 is 0 Å². The predicted octanol–water partition coefficient (Wildman–Crippen LogP) is 1.65. The monoisotopic (exact) mass is 219 g/mol. The molecule has 3 heteroatoms. The van der Waals surface area contributed by atoms with Crippen molar-refractivity contribution in [1.82, 2.24) is 0 Å². The predicted molar refractivity (Wildman–Crippen MR) is 63.8 cm³/mol. The zero-order chi connectivity index (χ0) is 11.5. The van der Waals surface area contributed by atoms with Crippen molar-refractivity contribution >= 4 is 11.5 Å². The molecule has 1 aliphatic rings. The van der Waals surface area contributed by atoms with E-state index in [9.17, 15) is 4.79 Å². The molecule has 0 N–H and O–H groups in total. The summed E-state index contributed by atoms with van der Waals surface area (Å²) in [7, 11) is 1.56. The molecule has 16 heavy (non-hydrogen) atoms. The molecule has 1 aromatic carbocycles. The second kappa shape index (κ2) is 4.66. The lowest BCUT2D eigenvalue weighted by Crippen LogP contribution is -2.51. The molecular weight excluding hydrogens is 202 g/mol. The molecule has 0 aromatic heterocycles.